The van der Waals surface area contributed by atoms with E-state index in [1.54, 1.807) is 48.5 Å². The van der Waals surface area contributed by atoms with Crippen molar-refractivity contribution in [3.8, 4) is 5.75 Å². The van der Waals surface area contributed by atoms with E-state index in [9.17, 15) is 14.4 Å². The molecule has 0 saturated carbocycles. The zero-order valence-electron chi connectivity index (χ0n) is 18.0. The number of carbonyl (C=O) groups is 3. The normalized spacial score (nSPS) is 14.3. The molecule has 1 saturated heterocycles. The average Bonchev–Trinajstić information content (AvgIpc) is 3.09. The minimum Gasteiger partial charge on any atom is -0.481 e. The Bertz CT molecular complexity index is 1270. The van der Waals surface area contributed by atoms with Crippen molar-refractivity contribution < 1.29 is 19.1 Å². The van der Waals surface area contributed by atoms with Crippen molar-refractivity contribution in [1.82, 2.24) is 5.43 Å². The molecule has 3 aromatic carbocycles. The van der Waals surface area contributed by atoms with Gasteiger partial charge in [-0.25, -0.2) is 5.01 Å². The maximum Gasteiger partial charge on any atom is 0.282 e. The summed E-state index contributed by atoms with van der Waals surface area (Å²) in [4.78, 5) is 37.4. The SMILES string of the molecule is Cc1ccc(NC(=O)COc2c(Cl)cc(/C=C3/C(=O)NN(c4ccccc4)C3=O)cc2Br)cc1. The fourth-order valence-electron chi connectivity index (χ4n) is 3.26. The van der Waals surface area contributed by atoms with Crippen LogP contribution in [0.5, 0.6) is 5.75 Å². The molecule has 4 rings (SSSR count). The highest BCUT2D eigenvalue weighted by molar-refractivity contribution is 9.10. The van der Waals surface area contributed by atoms with Gasteiger partial charge in [0.25, 0.3) is 17.7 Å². The first-order valence-electron chi connectivity index (χ1n) is 10.2. The Morgan fingerprint density at radius 1 is 1.12 bits per heavy atom. The average molecular weight is 541 g/mol. The number of nitrogens with one attached hydrogen (secondary N) is 2. The minimum atomic E-state index is -0.519. The van der Waals surface area contributed by atoms with E-state index in [0.29, 0.717) is 21.4 Å². The lowest BCUT2D eigenvalue weighted by atomic mass is 10.1. The number of ether oxygens (including phenoxy) is 1. The van der Waals surface area contributed by atoms with Gasteiger partial charge in [0.15, 0.2) is 12.4 Å². The molecule has 2 N–H and O–H groups in total. The Kier molecular flexibility index (Phi) is 7.00. The highest BCUT2D eigenvalue weighted by Gasteiger charge is 2.34. The second-order valence-electron chi connectivity index (χ2n) is 7.49. The fraction of sp³-hybridized carbons (Fsp3) is 0.0800. The van der Waals surface area contributed by atoms with Crippen molar-refractivity contribution >= 4 is 62.7 Å². The second-order valence-corrected chi connectivity index (χ2v) is 8.75. The number of para-hydroxylation sites is 1. The van der Waals surface area contributed by atoms with E-state index in [2.05, 4.69) is 26.7 Å². The molecule has 9 heteroatoms. The number of rotatable bonds is 6. The number of hydrogen-bond donors (Lipinski definition) is 2. The van der Waals surface area contributed by atoms with Gasteiger partial charge in [-0.15, -0.1) is 0 Å². The number of amides is 3. The third kappa shape index (κ3) is 5.30. The lowest BCUT2D eigenvalue weighted by Gasteiger charge is -2.14. The molecule has 3 amide bonds. The molecule has 172 valence electrons. The second kappa shape index (κ2) is 10.1. The van der Waals surface area contributed by atoms with Gasteiger partial charge in [-0.3, -0.25) is 19.8 Å². The van der Waals surface area contributed by atoms with Gasteiger partial charge < -0.3 is 10.1 Å². The van der Waals surface area contributed by atoms with Crippen molar-refractivity contribution in [2.45, 2.75) is 6.92 Å². The first-order chi connectivity index (χ1) is 16.3. The van der Waals surface area contributed by atoms with Crippen LogP contribution in [-0.4, -0.2) is 24.3 Å². The number of nitrogens with zero attached hydrogens (tertiary/aromatic N) is 1. The monoisotopic (exact) mass is 539 g/mol. The lowest BCUT2D eigenvalue weighted by Crippen LogP contribution is -2.35. The van der Waals surface area contributed by atoms with Gasteiger partial charge in [0.1, 0.15) is 5.57 Å². The number of hydrogen-bond acceptors (Lipinski definition) is 4. The predicted octanol–water partition coefficient (Wildman–Crippen LogP) is 4.89. The van der Waals surface area contributed by atoms with Gasteiger partial charge in [-0.2, -0.15) is 0 Å². The lowest BCUT2D eigenvalue weighted by molar-refractivity contribution is -0.118. The molecule has 1 aliphatic rings. The Labute approximate surface area is 209 Å². The topological polar surface area (TPSA) is 87.7 Å². The van der Waals surface area contributed by atoms with Crippen LogP contribution in [-0.2, 0) is 14.4 Å². The van der Waals surface area contributed by atoms with E-state index in [0.717, 1.165) is 5.56 Å². The largest absolute Gasteiger partial charge is 0.481 e. The van der Waals surface area contributed by atoms with Gasteiger partial charge in [-0.05, 0) is 70.9 Å². The summed E-state index contributed by atoms with van der Waals surface area (Å²) in [6.45, 7) is 1.71. The van der Waals surface area contributed by atoms with Crippen molar-refractivity contribution in [3.05, 3.63) is 92.9 Å². The molecule has 0 spiro atoms. The number of halogens is 2. The molecule has 3 aromatic rings. The maximum atomic E-state index is 12.8. The number of carbonyl (C=O) groups excluding carboxylic acids is 3. The molecule has 0 aromatic heterocycles. The summed E-state index contributed by atoms with van der Waals surface area (Å²) < 4.78 is 6.07. The summed E-state index contributed by atoms with van der Waals surface area (Å²) in [5.74, 6) is -1.06. The molecule has 1 heterocycles. The van der Waals surface area contributed by atoms with Crippen LogP contribution >= 0.6 is 27.5 Å². The van der Waals surface area contributed by atoms with Crippen LogP contribution in [0, 0.1) is 6.92 Å². The highest BCUT2D eigenvalue weighted by atomic mass is 79.9. The van der Waals surface area contributed by atoms with Crippen LogP contribution in [0.25, 0.3) is 6.08 Å². The smallest absolute Gasteiger partial charge is 0.282 e. The maximum absolute atomic E-state index is 12.8. The van der Waals surface area contributed by atoms with E-state index < -0.39 is 11.8 Å². The van der Waals surface area contributed by atoms with Crippen LogP contribution < -0.4 is 20.5 Å². The third-order valence-corrected chi connectivity index (χ3v) is 5.79. The van der Waals surface area contributed by atoms with Gasteiger partial charge in [-0.1, -0.05) is 47.5 Å². The fourth-order valence-corrected chi connectivity index (χ4v) is 4.24. The van der Waals surface area contributed by atoms with Gasteiger partial charge in [0.05, 0.1) is 15.2 Å². The molecule has 0 unspecified atom stereocenters. The van der Waals surface area contributed by atoms with E-state index in [1.165, 1.54) is 11.1 Å². The van der Waals surface area contributed by atoms with Crippen LogP contribution in [0.2, 0.25) is 5.02 Å². The molecular formula is C25H19BrClN3O4. The molecule has 7 nitrogen and oxygen atoms in total. The first kappa shape index (κ1) is 23.5. The van der Waals surface area contributed by atoms with E-state index >= 15 is 0 Å². The Morgan fingerprint density at radius 3 is 2.50 bits per heavy atom. The summed E-state index contributed by atoms with van der Waals surface area (Å²) in [7, 11) is 0. The number of aryl methyl sites for hydroxylation is 1. The van der Waals surface area contributed by atoms with Crippen molar-refractivity contribution in [2.24, 2.45) is 0 Å². The van der Waals surface area contributed by atoms with E-state index in [1.807, 2.05) is 25.1 Å². The number of benzene rings is 3. The summed E-state index contributed by atoms with van der Waals surface area (Å²) in [5.41, 5.74) is 5.34. The van der Waals surface area contributed by atoms with Gasteiger partial charge in [0, 0.05) is 5.69 Å². The van der Waals surface area contributed by atoms with E-state index in [4.69, 9.17) is 16.3 Å². The predicted molar refractivity (Wildman–Crippen MR) is 135 cm³/mol. The molecular weight excluding hydrogens is 522 g/mol. The number of anilines is 2. The van der Waals surface area contributed by atoms with Crippen LogP contribution in [0.4, 0.5) is 11.4 Å². The van der Waals surface area contributed by atoms with E-state index in [-0.39, 0.29) is 28.9 Å². The van der Waals surface area contributed by atoms with Gasteiger partial charge in [0.2, 0.25) is 0 Å². The summed E-state index contributed by atoms with van der Waals surface area (Å²) in [5, 5.41) is 4.15. The molecule has 0 atom stereocenters. The third-order valence-electron chi connectivity index (χ3n) is 4.92. The summed E-state index contributed by atoms with van der Waals surface area (Å²) >= 11 is 9.75. The van der Waals surface area contributed by atoms with Gasteiger partial charge >= 0.3 is 0 Å². The standard InChI is InChI=1S/C25H19BrClN3O4/c1-15-7-9-17(10-8-15)28-22(31)14-34-23-20(26)12-16(13-21(23)27)11-19-24(32)29-30(25(19)33)18-5-3-2-4-6-18/h2-13H,14H2,1H3,(H,28,31)(H,29,32)/b19-11-. The first-order valence-corrected chi connectivity index (χ1v) is 11.4. The van der Waals surface area contributed by atoms with Crippen LogP contribution in [0.3, 0.4) is 0 Å². The van der Waals surface area contributed by atoms with Crippen molar-refractivity contribution in [2.75, 3.05) is 16.9 Å². The minimum absolute atomic E-state index is 0.0297. The quantitative estimate of drug-likeness (QED) is 0.344. The van der Waals surface area contributed by atoms with Crippen LogP contribution in [0.1, 0.15) is 11.1 Å². The molecule has 34 heavy (non-hydrogen) atoms. The number of hydrazine groups is 1. The van der Waals surface area contributed by atoms with Crippen LogP contribution in [0.15, 0.2) is 76.8 Å². The summed E-state index contributed by atoms with van der Waals surface area (Å²) in [6, 6.07) is 19.4. The zero-order valence-corrected chi connectivity index (χ0v) is 20.3. The molecule has 0 aliphatic carbocycles. The van der Waals surface area contributed by atoms with Crippen molar-refractivity contribution in [3.63, 3.8) is 0 Å². The molecule has 0 bridgehead atoms. The molecule has 1 fully saturated rings. The van der Waals surface area contributed by atoms with Crippen molar-refractivity contribution in [1.29, 1.82) is 0 Å². The Morgan fingerprint density at radius 2 is 1.82 bits per heavy atom. The molecule has 1 aliphatic heterocycles. The summed E-state index contributed by atoms with van der Waals surface area (Å²) in [6.07, 6.45) is 1.45. The Hall–Kier alpha value is -3.62. The Balaban J connectivity index is 1.46. The highest BCUT2D eigenvalue weighted by Crippen LogP contribution is 2.35. The molecule has 0 radical (unpaired) electrons. The zero-order chi connectivity index (χ0) is 24.2.